The Kier molecular flexibility index (Phi) is 4.70. The van der Waals surface area contributed by atoms with Gasteiger partial charge >= 0.3 is 6.18 Å². The van der Waals surface area contributed by atoms with Crippen LogP contribution in [0, 0.1) is 0 Å². The molecule has 5 nitrogen and oxygen atoms in total. The zero-order chi connectivity index (χ0) is 16.3. The molecule has 2 aromatic rings. The summed E-state index contributed by atoms with van der Waals surface area (Å²) in [5, 5.41) is 2.58. The second-order valence-electron chi connectivity index (χ2n) is 4.93. The van der Waals surface area contributed by atoms with Gasteiger partial charge in [0.1, 0.15) is 6.54 Å². The van der Waals surface area contributed by atoms with E-state index in [-0.39, 0.29) is 23.7 Å². The molecule has 1 heterocycles. The van der Waals surface area contributed by atoms with Gasteiger partial charge in [0.25, 0.3) is 0 Å². The van der Waals surface area contributed by atoms with E-state index < -0.39 is 24.5 Å². The average molecular weight is 315 g/mol. The Balaban J connectivity index is 2.31. The number of hydrogen-bond donors (Lipinski definition) is 1. The van der Waals surface area contributed by atoms with Gasteiger partial charge in [0.15, 0.2) is 0 Å². The highest BCUT2D eigenvalue weighted by Gasteiger charge is 2.38. The second-order valence-corrected chi connectivity index (χ2v) is 4.93. The summed E-state index contributed by atoms with van der Waals surface area (Å²) >= 11 is 0. The summed E-state index contributed by atoms with van der Waals surface area (Å²) in [6, 6.07) is 5.89. The van der Waals surface area contributed by atoms with Crippen LogP contribution in [0.4, 0.5) is 13.2 Å². The maximum absolute atomic E-state index is 13.1. The largest absolute Gasteiger partial charge is 0.449 e. The number of aromatic nitrogens is 2. The van der Waals surface area contributed by atoms with Crippen LogP contribution in [0.15, 0.2) is 24.3 Å². The molecule has 1 amide bonds. The molecule has 8 heteroatoms. The first-order chi connectivity index (χ1) is 10.3. The third-order valence-electron chi connectivity index (χ3n) is 3.03. The van der Waals surface area contributed by atoms with Crippen LogP contribution in [0.2, 0.25) is 0 Å². The summed E-state index contributed by atoms with van der Waals surface area (Å²) in [7, 11) is 1.48. The minimum absolute atomic E-state index is 0.201. The number of nitrogens with one attached hydrogen (secondary N) is 1. The Hall–Kier alpha value is -2.09. The number of imidazole rings is 1. The van der Waals surface area contributed by atoms with Crippen molar-refractivity contribution in [3.8, 4) is 0 Å². The number of alkyl halides is 3. The van der Waals surface area contributed by atoms with Crippen molar-refractivity contribution < 1.29 is 22.7 Å². The fourth-order valence-electron chi connectivity index (χ4n) is 2.21. The van der Waals surface area contributed by atoms with Gasteiger partial charge in [-0.1, -0.05) is 12.1 Å². The highest BCUT2D eigenvalue weighted by atomic mass is 19.4. The first-order valence-electron chi connectivity index (χ1n) is 6.63. The molecule has 0 aliphatic carbocycles. The Morgan fingerprint density at radius 2 is 2.09 bits per heavy atom. The highest BCUT2D eigenvalue weighted by Crippen LogP contribution is 2.31. The van der Waals surface area contributed by atoms with Crippen molar-refractivity contribution >= 4 is 16.9 Å². The van der Waals surface area contributed by atoms with Crippen molar-refractivity contribution in [2.75, 3.05) is 13.7 Å². The molecule has 1 aromatic heterocycles. The van der Waals surface area contributed by atoms with Crippen LogP contribution in [-0.4, -0.2) is 35.2 Å². The normalized spacial score (nSPS) is 13.3. The molecule has 1 atom stereocenters. The molecule has 0 saturated heterocycles. The van der Waals surface area contributed by atoms with E-state index in [1.165, 1.54) is 19.2 Å². The zero-order valence-corrected chi connectivity index (χ0v) is 12.1. The number of fused-ring (bicyclic) bond motifs is 1. The van der Waals surface area contributed by atoms with Gasteiger partial charge in [-0.2, -0.15) is 13.2 Å². The van der Waals surface area contributed by atoms with Gasteiger partial charge in [-0.15, -0.1) is 0 Å². The van der Waals surface area contributed by atoms with Gasteiger partial charge in [0, 0.05) is 13.2 Å². The van der Waals surface area contributed by atoms with Gasteiger partial charge in [-0.3, -0.25) is 4.79 Å². The Morgan fingerprint density at radius 1 is 1.41 bits per heavy atom. The van der Waals surface area contributed by atoms with Crippen LogP contribution in [0.3, 0.4) is 0 Å². The number of carbonyl (C=O) groups is 1. The third-order valence-corrected chi connectivity index (χ3v) is 3.03. The van der Waals surface area contributed by atoms with Crippen LogP contribution in [-0.2, 0) is 22.3 Å². The molecule has 0 saturated carbocycles. The van der Waals surface area contributed by atoms with E-state index in [2.05, 4.69) is 10.3 Å². The molecule has 0 aliphatic heterocycles. The molecular formula is C14H16F3N3O2. The third kappa shape index (κ3) is 3.56. The van der Waals surface area contributed by atoms with E-state index in [1.807, 2.05) is 0 Å². The molecule has 1 N–H and O–H groups in total. The fraction of sp³-hybridized carbons (Fsp3) is 0.429. The minimum Gasteiger partial charge on any atom is -0.383 e. The number of carbonyl (C=O) groups excluding carboxylic acids is 1. The van der Waals surface area contributed by atoms with Crippen molar-refractivity contribution in [1.29, 1.82) is 0 Å². The summed E-state index contributed by atoms with van der Waals surface area (Å²) in [6.45, 7) is 1.53. The number of ether oxygens (including phenoxy) is 1. The molecule has 0 bridgehead atoms. The SMILES string of the molecule is COC[C@H](C)NC(=O)Cn1c(C(F)(F)F)nc2ccccc21. The summed E-state index contributed by atoms with van der Waals surface area (Å²) < 4.78 is 45.0. The topological polar surface area (TPSA) is 56.1 Å². The van der Waals surface area contributed by atoms with Crippen molar-refractivity contribution in [3.63, 3.8) is 0 Å². The van der Waals surface area contributed by atoms with Crippen LogP contribution in [0.5, 0.6) is 0 Å². The summed E-state index contributed by atoms with van der Waals surface area (Å²) in [5.41, 5.74) is 0.469. The van der Waals surface area contributed by atoms with Gasteiger partial charge < -0.3 is 14.6 Å². The number of methoxy groups -OCH3 is 1. The van der Waals surface area contributed by atoms with Gasteiger partial charge in [-0.25, -0.2) is 4.98 Å². The summed E-state index contributed by atoms with van der Waals surface area (Å²) in [5.74, 6) is -1.61. The van der Waals surface area contributed by atoms with E-state index in [0.717, 1.165) is 4.57 Å². The minimum atomic E-state index is -4.63. The summed E-state index contributed by atoms with van der Waals surface area (Å²) in [4.78, 5) is 15.5. The number of benzene rings is 1. The average Bonchev–Trinajstić information content (AvgIpc) is 2.78. The molecule has 1 aromatic carbocycles. The monoisotopic (exact) mass is 315 g/mol. The van der Waals surface area contributed by atoms with Crippen molar-refractivity contribution in [2.45, 2.75) is 25.7 Å². The molecule has 22 heavy (non-hydrogen) atoms. The lowest BCUT2D eigenvalue weighted by molar-refractivity contribution is -0.147. The standard InChI is InChI=1S/C14H16F3N3O2/c1-9(8-22-2)18-12(21)7-20-11-6-4-3-5-10(11)19-13(20)14(15,16)17/h3-6,9H,7-8H2,1-2H3,(H,18,21)/t9-/m0/s1. The lowest BCUT2D eigenvalue weighted by atomic mass is 10.3. The predicted molar refractivity (Wildman–Crippen MR) is 74.2 cm³/mol. The Labute approximate surface area is 125 Å². The van der Waals surface area contributed by atoms with Gasteiger partial charge in [0.05, 0.1) is 17.6 Å². The number of nitrogens with zero attached hydrogens (tertiary/aromatic N) is 2. The van der Waals surface area contributed by atoms with Crippen molar-refractivity contribution in [3.05, 3.63) is 30.1 Å². The van der Waals surface area contributed by atoms with Crippen LogP contribution in [0.25, 0.3) is 11.0 Å². The maximum atomic E-state index is 13.1. The van der Waals surface area contributed by atoms with Gasteiger partial charge in [-0.05, 0) is 19.1 Å². The predicted octanol–water partition coefficient (Wildman–Crippen LogP) is 2.21. The quantitative estimate of drug-likeness (QED) is 0.920. The van der Waals surface area contributed by atoms with Crippen LogP contribution < -0.4 is 5.32 Å². The van der Waals surface area contributed by atoms with Crippen LogP contribution >= 0.6 is 0 Å². The maximum Gasteiger partial charge on any atom is 0.449 e. The van der Waals surface area contributed by atoms with Crippen molar-refractivity contribution in [2.24, 2.45) is 0 Å². The highest BCUT2D eigenvalue weighted by molar-refractivity contribution is 5.81. The van der Waals surface area contributed by atoms with Crippen LogP contribution in [0.1, 0.15) is 12.7 Å². The molecule has 2 rings (SSSR count). The lowest BCUT2D eigenvalue weighted by Gasteiger charge is -2.15. The van der Waals surface area contributed by atoms with Crippen molar-refractivity contribution in [1.82, 2.24) is 14.9 Å². The number of halogens is 3. The number of rotatable bonds is 5. The first-order valence-corrected chi connectivity index (χ1v) is 6.63. The smallest absolute Gasteiger partial charge is 0.383 e. The first kappa shape index (κ1) is 16.3. The Bertz CT molecular complexity index is 667. The molecular weight excluding hydrogens is 299 g/mol. The molecule has 0 spiro atoms. The zero-order valence-electron chi connectivity index (χ0n) is 12.1. The number of amides is 1. The molecule has 0 fully saturated rings. The molecule has 0 radical (unpaired) electrons. The van der Waals surface area contributed by atoms with E-state index in [4.69, 9.17) is 4.74 Å². The van der Waals surface area contributed by atoms with E-state index in [1.54, 1.807) is 19.1 Å². The number of para-hydroxylation sites is 2. The second kappa shape index (κ2) is 6.35. The van der Waals surface area contributed by atoms with Gasteiger partial charge in [0.2, 0.25) is 11.7 Å². The summed E-state index contributed by atoms with van der Waals surface area (Å²) in [6.07, 6.45) is -4.63. The van der Waals surface area contributed by atoms with E-state index in [9.17, 15) is 18.0 Å². The molecule has 0 unspecified atom stereocenters. The Morgan fingerprint density at radius 3 is 2.73 bits per heavy atom. The lowest BCUT2D eigenvalue weighted by Crippen LogP contribution is -2.38. The molecule has 120 valence electrons. The van der Waals surface area contributed by atoms with E-state index >= 15 is 0 Å². The fourth-order valence-corrected chi connectivity index (χ4v) is 2.21. The van der Waals surface area contributed by atoms with E-state index in [0.29, 0.717) is 0 Å². The molecule has 0 aliphatic rings. The number of hydrogen-bond acceptors (Lipinski definition) is 3.